The molecule has 1 N–H and O–H groups in total. The minimum Gasteiger partial charge on any atom is -0.310 e. The van der Waals surface area contributed by atoms with E-state index in [-0.39, 0.29) is 0 Å². The van der Waals surface area contributed by atoms with Gasteiger partial charge in [-0.15, -0.1) is 0 Å². The Balaban J connectivity index is 1.25. The highest BCUT2D eigenvalue weighted by atomic mass is 15.2. The second-order valence-electron chi connectivity index (χ2n) is 8.60. The summed E-state index contributed by atoms with van der Waals surface area (Å²) in [5.41, 5.74) is 0.783. The predicted octanol–water partition coefficient (Wildman–Crippen LogP) is 3.95. The fourth-order valence-electron chi connectivity index (χ4n) is 5.86. The Kier molecular flexibility index (Phi) is 4.28. The molecule has 2 heteroatoms. The van der Waals surface area contributed by atoms with Crippen molar-refractivity contribution in [3.05, 3.63) is 0 Å². The minimum absolute atomic E-state index is 0.783. The third kappa shape index (κ3) is 3.17. The first-order valence-corrected chi connectivity index (χ1v) is 9.81. The number of nitrogens with one attached hydrogen (secondary N) is 1. The molecule has 4 aliphatic rings. The van der Waals surface area contributed by atoms with E-state index >= 15 is 0 Å². The van der Waals surface area contributed by atoms with Crippen LogP contribution in [0.5, 0.6) is 0 Å². The fraction of sp³-hybridized carbons (Fsp3) is 1.00. The SMILES string of the molecule is C1CCC2NC(CN3CCC4(CCCC4)CC3)CCC2C1. The second-order valence-corrected chi connectivity index (χ2v) is 8.60. The average Bonchev–Trinajstić information content (AvgIpc) is 2.98. The maximum absolute atomic E-state index is 4.02. The van der Waals surface area contributed by atoms with Crippen LogP contribution in [0.25, 0.3) is 0 Å². The van der Waals surface area contributed by atoms with Gasteiger partial charge in [0.15, 0.2) is 0 Å². The van der Waals surface area contributed by atoms with Crippen LogP contribution in [0.2, 0.25) is 0 Å². The highest BCUT2D eigenvalue weighted by Crippen LogP contribution is 2.46. The number of rotatable bonds is 2. The van der Waals surface area contributed by atoms with Crippen LogP contribution in [0.1, 0.15) is 77.0 Å². The van der Waals surface area contributed by atoms with Gasteiger partial charge in [0.2, 0.25) is 0 Å². The lowest BCUT2D eigenvalue weighted by atomic mass is 9.76. The molecule has 4 fully saturated rings. The molecule has 0 radical (unpaired) electrons. The van der Waals surface area contributed by atoms with Crippen molar-refractivity contribution >= 4 is 0 Å². The zero-order chi connectivity index (χ0) is 14.1. The van der Waals surface area contributed by atoms with Gasteiger partial charge in [-0.25, -0.2) is 0 Å². The molecule has 3 atom stereocenters. The molecule has 120 valence electrons. The molecule has 3 unspecified atom stereocenters. The van der Waals surface area contributed by atoms with Gasteiger partial charge in [0.25, 0.3) is 0 Å². The lowest BCUT2D eigenvalue weighted by Gasteiger charge is -2.44. The zero-order valence-electron chi connectivity index (χ0n) is 13.8. The van der Waals surface area contributed by atoms with Crippen LogP contribution < -0.4 is 5.32 Å². The van der Waals surface area contributed by atoms with Crippen LogP contribution >= 0.6 is 0 Å². The van der Waals surface area contributed by atoms with Crippen LogP contribution in [-0.4, -0.2) is 36.6 Å². The van der Waals surface area contributed by atoms with Crippen molar-refractivity contribution in [2.75, 3.05) is 19.6 Å². The molecule has 2 saturated heterocycles. The number of nitrogens with zero attached hydrogens (tertiary/aromatic N) is 1. The van der Waals surface area contributed by atoms with E-state index in [0.29, 0.717) is 0 Å². The first-order valence-electron chi connectivity index (χ1n) is 9.81. The third-order valence-electron chi connectivity index (χ3n) is 7.30. The molecule has 21 heavy (non-hydrogen) atoms. The molecule has 0 aromatic carbocycles. The van der Waals surface area contributed by atoms with Gasteiger partial charge in [0.1, 0.15) is 0 Å². The number of fused-ring (bicyclic) bond motifs is 1. The molecule has 2 heterocycles. The summed E-state index contributed by atoms with van der Waals surface area (Å²) >= 11 is 0. The molecule has 2 saturated carbocycles. The Morgan fingerprint density at radius 3 is 2.38 bits per heavy atom. The van der Waals surface area contributed by atoms with Crippen LogP contribution in [0.15, 0.2) is 0 Å². The van der Waals surface area contributed by atoms with E-state index in [2.05, 4.69) is 10.2 Å². The van der Waals surface area contributed by atoms with Crippen molar-refractivity contribution in [2.24, 2.45) is 11.3 Å². The Morgan fingerprint density at radius 1 is 0.810 bits per heavy atom. The summed E-state index contributed by atoms with van der Waals surface area (Å²) in [6.07, 6.45) is 17.9. The molecule has 0 aromatic rings. The maximum Gasteiger partial charge on any atom is 0.0197 e. The average molecular weight is 290 g/mol. The highest BCUT2D eigenvalue weighted by Gasteiger charge is 2.38. The van der Waals surface area contributed by atoms with E-state index in [9.17, 15) is 0 Å². The van der Waals surface area contributed by atoms with Gasteiger partial charge in [0.05, 0.1) is 0 Å². The molecule has 0 amide bonds. The summed E-state index contributed by atoms with van der Waals surface area (Å²) < 4.78 is 0. The van der Waals surface area contributed by atoms with E-state index in [0.717, 1.165) is 23.4 Å². The largest absolute Gasteiger partial charge is 0.310 e. The van der Waals surface area contributed by atoms with Crippen LogP contribution in [0, 0.1) is 11.3 Å². The maximum atomic E-state index is 4.02. The molecule has 2 nitrogen and oxygen atoms in total. The van der Waals surface area contributed by atoms with Gasteiger partial charge in [-0.1, -0.05) is 25.7 Å². The van der Waals surface area contributed by atoms with Crippen molar-refractivity contribution in [3.63, 3.8) is 0 Å². The number of piperidine rings is 2. The number of hydrogen-bond acceptors (Lipinski definition) is 2. The van der Waals surface area contributed by atoms with E-state index < -0.39 is 0 Å². The van der Waals surface area contributed by atoms with Crippen LogP contribution in [0.4, 0.5) is 0 Å². The number of likely N-dealkylation sites (tertiary alicyclic amines) is 1. The normalized spacial score (nSPS) is 40.3. The molecular formula is C19H34N2. The molecule has 4 rings (SSSR count). The summed E-state index contributed by atoms with van der Waals surface area (Å²) in [4.78, 5) is 2.78. The Hall–Kier alpha value is -0.0800. The number of hydrogen-bond donors (Lipinski definition) is 1. The van der Waals surface area contributed by atoms with E-state index in [1.54, 1.807) is 0 Å². The smallest absolute Gasteiger partial charge is 0.0197 e. The standard InChI is InChI=1S/C19H34N2/c1-2-6-18-16(5-1)7-8-17(20-18)15-21-13-11-19(12-14-21)9-3-4-10-19/h16-18,20H,1-15H2. The van der Waals surface area contributed by atoms with Crippen molar-refractivity contribution in [2.45, 2.75) is 89.1 Å². The highest BCUT2D eigenvalue weighted by molar-refractivity contribution is 4.93. The molecular weight excluding hydrogens is 256 g/mol. The van der Waals surface area contributed by atoms with Crippen molar-refractivity contribution < 1.29 is 0 Å². The second kappa shape index (κ2) is 6.20. The molecule has 1 spiro atoms. The van der Waals surface area contributed by atoms with Gasteiger partial charge in [-0.2, -0.15) is 0 Å². The Morgan fingerprint density at radius 2 is 1.57 bits per heavy atom. The monoisotopic (exact) mass is 290 g/mol. The fourth-order valence-corrected chi connectivity index (χ4v) is 5.86. The van der Waals surface area contributed by atoms with Crippen molar-refractivity contribution in [3.8, 4) is 0 Å². The van der Waals surface area contributed by atoms with Gasteiger partial charge in [-0.05, 0) is 75.8 Å². The van der Waals surface area contributed by atoms with Crippen molar-refractivity contribution in [1.82, 2.24) is 10.2 Å². The first kappa shape index (κ1) is 14.5. The first-order chi connectivity index (χ1) is 10.3. The summed E-state index contributed by atoms with van der Waals surface area (Å²) in [6, 6.07) is 1.66. The topological polar surface area (TPSA) is 15.3 Å². The van der Waals surface area contributed by atoms with Crippen LogP contribution in [-0.2, 0) is 0 Å². The van der Waals surface area contributed by atoms with E-state index in [4.69, 9.17) is 0 Å². The lowest BCUT2D eigenvalue weighted by Crippen LogP contribution is -2.54. The van der Waals surface area contributed by atoms with Gasteiger partial charge >= 0.3 is 0 Å². The lowest BCUT2D eigenvalue weighted by molar-refractivity contribution is 0.0839. The molecule has 2 aliphatic carbocycles. The van der Waals surface area contributed by atoms with Crippen molar-refractivity contribution in [1.29, 1.82) is 0 Å². The van der Waals surface area contributed by atoms with Crippen LogP contribution in [0.3, 0.4) is 0 Å². The summed E-state index contributed by atoms with van der Waals surface area (Å²) in [6.45, 7) is 4.10. The molecule has 0 aromatic heterocycles. The molecule has 2 aliphatic heterocycles. The Bertz CT molecular complexity index is 337. The van der Waals surface area contributed by atoms with E-state index in [1.807, 2.05) is 0 Å². The van der Waals surface area contributed by atoms with Gasteiger partial charge in [0, 0.05) is 18.6 Å². The minimum atomic E-state index is 0.783. The van der Waals surface area contributed by atoms with Gasteiger partial charge < -0.3 is 10.2 Å². The third-order valence-corrected chi connectivity index (χ3v) is 7.30. The molecule has 0 bridgehead atoms. The Labute approximate surface area is 131 Å². The summed E-state index contributed by atoms with van der Waals surface area (Å²) in [5, 5.41) is 4.02. The quantitative estimate of drug-likeness (QED) is 0.828. The van der Waals surface area contributed by atoms with Gasteiger partial charge in [-0.3, -0.25) is 0 Å². The summed E-state index contributed by atoms with van der Waals surface area (Å²) in [7, 11) is 0. The summed E-state index contributed by atoms with van der Waals surface area (Å²) in [5.74, 6) is 1.01. The zero-order valence-corrected chi connectivity index (χ0v) is 13.8. The van der Waals surface area contributed by atoms with E-state index in [1.165, 1.54) is 96.7 Å². The predicted molar refractivity (Wildman–Crippen MR) is 88.5 cm³/mol.